The number of fused-ring (bicyclic) bond motifs is 1. The van der Waals surface area contributed by atoms with E-state index >= 15 is 0 Å². The van der Waals surface area contributed by atoms with E-state index in [1.165, 1.54) is 5.56 Å². The predicted octanol–water partition coefficient (Wildman–Crippen LogP) is 2.33. The highest BCUT2D eigenvalue weighted by atomic mass is 16.5. The highest BCUT2D eigenvalue weighted by Crippen LogP contribution is 2.24. The molecule has 1 aromatic carbocycles. The van der Waals surface area contributed by atoms with Crippen molar-refractivity contribution in [1.29, 1.82) is 0 Å². The average molecular weight is 340 g/mol. The number of rotatable bonds is 4. The maximum atomic E-state index is 12.8. The summed E-state index contributed by atoms with van der Waals surface area (Å²) in [6.45, 7) is 2.47. The van der Waals surface area contributed by atoms with Gasteiger partial charge in [-0.2, -0.15) is 0 Å². The summed E-state index contributed by atoms with van der Waals surface area (Å²) in [6, 6.07) is 8.21. The van der Waals surface area contributed by atoms with Gasteiger partial charge >= 0.3 is 0 Å². The van der Waals surface area contributed by atoms with Gasteiger partial charge < -0.3 is 14.2 Å². The zero-order valence-electron chi connectivity index (χ0n) is 14.6. The summed E-state index contributed by atoms with van der Waals surface area (Å²) in [7, 11) is 1.68. The van der Waals surface area contributed by atoms with E-state index in [9.17, 15) is 4.79 Å². The van der Waals surface area contributed by atoms with Crippen LogP contribution in [0.25, 0.3) is 0 Å². The average Bonchev–Trinajstić information content (AvgIpc) is 3.29. The van der Waals surface area contributed by atoms with Crippen LogP contribution in [0.2, 0.25) is 0 Å². The lowest BCUT2D eigenvalue weighted by Gasteiger charge is -2.19. The second-order valence-corrected chi connectivity index (χ2v) is 7.01. The van der Waals surface area contributed by atoms with Gasteiger partial charge in [-0.05, 0) is 49.3 Å². The Kier molecular flexibility index (Phi) is 4.42. The SMILES string of the molecule is COc1ccc(CC2CCN(C(=O)c3nnc4n3CCCC4)C2)cc1. The molecule has 1 fully saturated rings. The van der Waals surface area contributed by atoms with Crippen molar-refractivity contribution in [2.75, 3.05) is 20.2 Å². The minimum Gasteiger partial charge on any atom is -0.497 e. The second-order valence-electron chi connectivity index (χ2n) is 7.01. The van der Waals surface area contributed by atoms with E-state index in [1.54, 1.807) is 7.11 Å². The lowest BCUT2D eigenvalue weighted by molar-refractivity contribution is 0.0768. The zero-order valence-corrected chi connectivity index (χ0v) is 14.6. The lowest BCUT2D eigenvalue weighted by atomic mass is 9.99. The highest BCUT2D eigenvalue weighted by Gasteiger charge is 2.31. The number of carbonyl (C=O) groups is 1. The number of aryl methyl sites for hydroxylation is 1. The number of methoxy groups -OCH3 is 1. The van der Waals surface area contributed by atoms with Crippen molar-refractivity contribution in [3.63, 3.8) is 0 Å². The molecule has 1 saturated heterocycles. The number of hydrogen-bond donors (Lipinski definition) is 0. The highest BCUT2D eigenvalue weighted by molar-refractivity contribution is 5.91. The molecule has 0 radical (unpaired) electrons. The molecule has 1 aromatic heterocycles. The second kappa shape index (κ2) is 6.86. The first-order valence-corrected chi connectivity index (χ1v) is 9.09. The summed E-state index contributed by atoms with van der Waals surface area (Å²) < 4.78 is 7.22. The summed E-state index contributed by atoms with van der Waals surface area (Å²) in [5, 5.41) is 8.38. The number of amides is 1. The van der Waals surface area contributed by atoms with Crippen LogP contribution in [-0.4, -0.2) is 45.8 Å². The van der Waals surface area contributed by atoms with Crippen molar-refractivity contribution in [2.24, 2.45) is 5.92 Å². The van der Waals surface area contributed by atoms with E-state index in [4.69, 9.17) is 4.74 Å². The fourth-order valence-electron chi connectivity index (χ4n) is 3.89. The monoisotopic (exact) mass is 340 g/mol. The van der Waals surface area contributed by atoms with Crippen LogP contribution < -0.4 is 4.74 Å². The van der Waals surface area contributed by atoms with Gasteiger partial charge in [0.25, 0.3) is 5.91 Å². The van der Waals surface area contributed by atoms with Gasteiger partial charge in [-0.1, -0.05) is 12.1 Å². The van der Waals surface area contributed by atoms with Gasteiger partial charge in [0.1, 0.15) is 11.6 Å². The van der Waals surface area contributed by atoms with Gasteiger partial charge in [-0.3, -0.25) is 4.79 Å². The van der Waals surface area contributed by atoms with Gasteiger partial charge in [-0.25, -0.2) is 0 Å². The van der Waals surface area contributed by atoms with Crippen LogP contribution in [0.15, 0.2) is 24.3 Å². The Balaban J connectivity index is 1.40. The van der Waals surface area contributed by atoms with Crippen LogP contribution in [0.5, 0.6) is 5.75 Å². The number of aromatic nitrogens is 3. The van der Waals surface area contributed by atoms with Crippen LogP contribution in [0, 0.1) is 5.92 Å². The normalized spacial score (nSPS) is 19.7. The largest absolute Gasteiger partial charge is 0.497 e. The molecule has 3 heterocycles. The minimum atomic E-state index is 0.0397. The number of nitrogens with zero attached hydrogens (tertiary/aromatic N) is 4. The van der Waals surface area contributed by atoms with E-state index in [2.05, 4.69) is 22.3 Å². The summed E-state index contributed by atoms with van der Waals surface area (Å²) in [5.41, 5.74) is 1.29. The first kappa shape index (κ1) is 16.1. The van der Waals surface area contributed by atoms with E-state index in [0.717, 1.165) is 63.3 Å². The lowest BCUT2D eigenvalue weighted by Crippen LogP contribution is -2.32. The third kappa shape index (κ3) is 3.25. The maximum absolute atomic E-state index is 12.8. The molecule has 0 spiro atoms. The topological polar surface area (TPSA) is 60.2 Å². The smallest absolute Gasteiger partial charge is 0.291 e. The molecule has 1 atom stereocenters. The van der Waals surface area contributed by atoms with E-state index in [1.807, 2.05) is 21.6 Å². The van der Waals surface area contributed by atoms with Crippen molar-refractivity contribution >= 4 is 5.91 Å². The van der Waals surface area contributed by atoms with Gasteiger partial charge in [0.2, 0.25) is 5.82 Å². The van der Waals surface area contributed by atoms with Crippen LogP contribution >= 0.6 is 0 Å². The van der Waals surface area contributed by atoms with Gasteiger partial charge in [0.05, 0.1) is 7.11 Å². The molecule has 6 nitrogen and oxygen atoms in total. The molecular formula is C19H24N4O2. The van der Waals surface area contributed by atoms with Crippen molar-refractivity contribution < 1.29 is 9.53 Å². The number of benzene rings is 1. The van der Waals surface area contributed by atoms with Crippen LogP contribution in [0.4, 0.5) is 0 Å². The quantitative estimate of drug-likeness (QED) is 0.857. The molecule has 25 heavy (non-hydrogen) atoms. The van der Waals surface area contributed by atoms with Crippen molar-refractivity contribution in [1.82, 2.24) is 19.7 Å². The fourth-order valence-corrected chi connectivity index (χ4v) is 3.89. The van der Waals surface area contributed by atoms with Crippen LogP contribution in [0.1, 0.15) is 41.3 Å². The number of hydrogen-bond acceptors (Lipinski definition) is 4. The first-order chi connectivity index (χ1) is 12.2. The van der Waals surface area contributed by atoms with Crippen molar-refractivity contribution in [3.8, 4) is 5.75 Å². The number of ether oxygens (including phenoxy) is 1. The Labute approximate surface area is 147 Å². The Morgan fingerprint density at radius 1 is 1.20 bits per heavy atom. The predicted molar refractivity (Wildman–Crippen MR) is 93.7 cm³/mol. The molecule has 0 bridgehead atoms. The molecule has 2 aliphatic rings. The molecule has 2 aliphatic heterocycles. The molecule has 1 unspecified atom stereocenters. The van der Waals surface area contributed by atoms with Crippen molar-refractivity contribution in [3.05, 3.63) is 41.5 Å². The molecule has 132 valence electrons. The van der Waals surface area contributed by atoms with Crippen LogP contribution in [0.3, 0.4) is 0 Å². The third-order valence-corrected chi connectivity index (χ3v) is 5.31. The van der Waals surface area contributed by atoms with Gasteiger partial charge in [0, 0.05) is 26.1 Å². The molecule has 0 saturated carbocycles. The molecular weight excluding hydrogens is 316 g/mol. The Bertz CT molecular complexity index is 753. The number of carbonyl (C=O) groups excluding carboxylic acids is 1. The Morgan fingerprint density at radius 2 is 2.04 bits per heavy atom. The molecule has 2 aromatic rings. The molecule has 4 rings (SSSR count). The Hall–Kier alpha value is -2.37. The zero-order chi connectivity index (χ0) is 17.2. The van der Waals surface area contributed by atoms with E-state index in [0.29, 0.717) is 11.7 Å². The fraction of sp³-hybridized carbons (Fsp3) is 0.526. The molecule has 1 amide bonds. The van der Waals surface area contributed by atoms with Crippen molar-refractivity contribution in [2.45, 2.75) is 38.6 Å². The maximum Gasteiger partial charge on any atom is 0.291 e. The van der Waals surface area contributed by atoms with E-state index < -0.39 is 0 Å². The minimum absolute atomic E-state index is 0.0397. The third-order valence-electron chi connectivity index (χ3n) is 5.31. The summed E-state index contributed by atoms with van der Waals surface area (Å²) in [4.78, 5) is 14.8. The van der Waals surface area contributed by atoms with Gasteiger partial charge in [0.15, 0.2) is 0 Å². The standard InChI is InChI=1S/C19H24N4O2/c1-25-16-7-5-14(6-8-16)12-15-9-11-22(13-15)19(24)18-21-20-17-4-2-3-10-23(17)18/h5-8,15H,2-4,9-13H2,1H3. The van der Waals surface area contributed by atoms with E-state index in [-0.39, 0.29) is 5.91 Å². The molecule has 6 heteroatoms. The number of likely N-dealkylation sites (tertiary alicyclic amines) is 1. The molecule has 0 aliphatic carbocycles. The van der Waals surface area contributed by atoms with Gasteiger partial charge in [-0.15, -0.1) is 10.2 Å². The Morgan fingerprint density at radius 3 is 2.84 bits per heavy atom. The van der Waals surface area contributed by atoms with Crippen LogP contribution in [-0.2, 0) is 19.4 Å². The summed E-state index contributed by atoms with van der Waals surface area (Å²) in [5.74, 6) is 2.91. The summed E-state index contributed by atoms with van der Waals surface area (Å²) >= 11 is 0. The molecule has 0 N–H and O–H groups in total. The first-order valence-electron chi connectivity index (χ1n) is 9.09. The summed E-state index contributed by atoms with van der Waals surface area (Å²) in [6.07, 6.45) is 5.20.